The van der Waals surface area contributed by atoms with E-state index >= 15 is 0 Å². The first-order valence-electron chi connectivity index (χ1n) is 5.79. The minimum absolute atomic E-state index is 0.0496. The number of nitrogens with two attached hydrogens (primary N) is 1. The normalized spacial score (nSPS) is 43.6. The van der Waals surface area contributed by atoms with E-state index in [2.05, 4.69) is 0 Å². The summed E-state index contributed by atoms with van der Waals surface area (Å²) in [5, 5.41) is 0. The van der Waals surface area contributed by atoms with E-state index in [9.17, 15) is 9.59 Å². The molecule has 5 heteroatoms. The van der Waals surface area contributed by atoms with Crippen molar-refractivity contribution in [3.05, 3.63) is 0 Å². The highest BCUT2D eigenvalue weighted by Crippen LogP contribution is 2.57. The van der Waals surface area contributed by atoms with E-state index in [1.165, 1.54) is 0 Å². The molecule has 88 valence electrons. The van der Waals surface area contributed by atoms with Gasteiger partial charge in [-0.1, -0.05) is 0 Å². The molecule has 3 rings (SSSR count). The average Bonchev–Trinajstić information content (AvgIpc) is 2.86. The summed E-state index contributed by atoms with van der Waals surface area (Å²) in [4.78, 5) is 23.3. The highest BCUT2D eigenvalue weighted by atomic mass is 16.6. The molecular weight excluding hydrogens is 210 g/mol. The molecule has 0 aromatic heterocycles. The lowest BCUT2D eigenvalue weighted by atomic mass is 9.82. The quantitative estimate of drug-likeness (QED) is 0.666. The summed E-state index contributed by atoms with van der Waals surface area (Å²) in [5.74, 6) is -0.0137. The summed E-state index contributed by atoms with van der Waals surface area (Å²) in [6, 6.07) is 0. The fourth-order valence-corrected chi connectivity index (χ4v) is 3.54. The molecule has 5 atom stereocenters. The Kier molecular flexibility index (Phi) is 2.17. The van der Waals surface area contributed by atoms with Crippen LogP contribution in [-0.4, -0.2) is 31.2 Å². The van der Waals surface area contributed by atoms with Crippen molar-refractivity contribution in [3.63, 3.8) is 0 Å². The van der Waals surface area contributed by atoms with Gasteiger partial charge in [-0.15, -0.1) is 0 Å². The summed E-state index contributed by atoms with van der Waals surface area (Å²) in [5.41, 5.74) is 5.29. The molecule has 2 aliphatic carbocycles. The number of carbonyl (C=O) groups excluding carboxylic acids is 2. The smallest absolute Gasteiger partial charge is 0.313 e. The van der Waals surface area contributed by atoms with Gasteiger partial charge in [-0.2, -0.15) is 0 Å². The van der Waals surface area contributed by atoms with Crippen molar-refractivity contribution in [2.45, 2.75) is 18.9 Å². The predicted molar refractivity (Wildman–Crippen MR) is 53.1 cm³/mol. The Hall–Kier alpha value is -1.10. The van der Waals surface area contributed by atoms with E-state index in [0.717, 1.165) is 12.8 Å². The molecule has 2 bridgehead atoms. The summed E-state index contributed by atoms with van der Waals surface area (Å²) in [7, 11) is 0. The van der Waals surface area contributed by atoms with Crippen molar-refractivity contribution >= 4 is 11.9 Å². The van der Waals surface area contributed by atoms with Crippen LogP contribution >= 0.6 is 0 Å². The van der Waals surface area contributed by atoms with E-state index < -0.39 is 0 Å². The predicted octanol–water partition coefficient (Wildman–Crippen LogP) is -0.314. The Bertz CT molecular complexity index is 343. The fraction of sp³-hybridized carbons (Fsp3) is 0.818. The molecule has 1 aliphatic heterocycles. The van der Waals surface area contributed by atoms with Gasteiger partial charge in [-0.05, 0) is 18.8 Å². The van der Waals surface area contributed by atoms with Crippen LogP contribution in [0.5, 0.6) is 0 Å². The van der Waals surface area contributed by atoms with Gasteiger partial charge in [0.1, 0.15) is 12.7 Å². The third-order valence-corrected chi connectivity index (χ3v) is 4.12. The van der Waals surface area contributed by atoms with Crippen LogP contribution in [0.1, 0.15) is 12.8 Å². The maximum Gasteiger partial charge on any atom is 0.313 e. The van der Waals surface area contributed by atoms with Crippen LogP contribution < -0.4 is 5.73 Å². The second-order valence-electron chi connectivity index (χ2n) is 4.89. The maximum absolute atomic E-state index is 11.8. The van der Waals surface area contributed by atoms with Crippen LogP contribution in [0.15, 0.2) is 0 Å². The Labute approximate surface area is 93.3 Å². The molecule has 2 N–H and O–H groups in total. The van der Waals surface area contributed by atoms with Crippen molar-refractivity contribution in [1.82, 2.24) is 0 Å². The number of hydrogen-bond acceptors (Lipinski definition) is 5. The first-order chi connectivity index (χ1) is 7.72. The summed E-state index contributed by atoms with van der Waals surface area (Å²) in [6.45, 7) is 0.580. The van der Waals surface area contributed by atoms with Crippen LogP contribution in [0.4, 0.5) is 0 Å². The maximum atomic E-state index is 11.8. The first-order valence-corrected chi connectivity index (χ1v) is 5.79. The molecule has 5 unspecified atom stereocenters. The summed E-state index contributed by atoms with van der Waals surface area (Å²) < 4.78 is 10.3. The molecule has 1 heterocycles. The van der Waals surface area contributed by atoms with Gasteiger partial charge in [-0.25, -0.2) is 0 Å². The monoisotopic (exact) mass is 225 g/mol. The largest absolute Gasteiger partial charge is 0.464 e. The molecule has 0 radical (unpaired) electrons. The number of rotatable bonds is 3. The summed E-state index contributed by atoms with van der Waals surface area (Å²) in [6.07, 6.45) is 1.51. The van der Waals surface area contributed by atoms with Crippen LogP contribution in [0.25, 0.3) is 0 Å². The lowest BCUT2D eigenvalue weighted by Crippen LogP contribution is -2.35. The van der Waals surface area contributed by atoms with Gasteiger partial charge < -0.3 is 15.2 Å². The summed E-state index contributed by atoms with van der Waals surface area (Å²) >= 11 is 0. The van der Waals surface area contributed by atoms with Crippen molar-refractivity contribution in [1.29, 1.82) is 0 Å². The van der Waals surface area contributed by atoms with Gasteiger partial charge in [-0.3, -0.25) is 9.59 Å². The first kappa shape index (κ1) is 10.1. The van der Waals surface area contributed by atoms with Gasteiger partial charge in [0.25, 0.3) is 0 Å². The molecule has 0 spiro atoms. The number of fused-ring (bicyclic) bond motifs is 1. The minimum atomic E-state index is -0.240. The lowest BCUT2D eigenvalue weighted by Gasteiger charge is -2.23. The van der Waals surface area contributed by atoms with Crippen molar-refractivity contribution in [3.8, 4) is 0 Å². The van der Waals surface area contributed by atoms with E-state index in [4.69, 9.17) is 15.2 Å². The van der Waals surface area contributed by atoms with Crippen molar-refractivity contribution < 1.29 is 19.1 Å². The molecule has 2 saturated carbocycles. The molecule has 0 aromatic carbocycles. The van der Waals surface area contributed by atoms with Gasteiger partial charge in [0.15, 0.2) is 0 Å². The fourth-order valence-electron chi connectivity index (χ4n) is 3.54. The molecule has 1 saturated heterocycles. The van der Waals surface area contributed by atoms with Crippen LogP contribution in [0.2, 0.25) is 0 Å². The van der Waals surface area contributed by atoms with Gasteiger partial charge >= 0.3 is 11.9 Å². The van der Waals surface area contributed by atoms with Gasteiger partial charge in [0.2, 0.25) is 0 Å². The molecular formula is C11H15NO4. The van der Waals surface area contributed by atoms with Crippen LogP contribution in [-0.2, 0) is 19.1 Å². The number of carbonyl (C=O) groups is 2. The van der Waals surface area contributed by atoms with Crippen molar-refractivity contribution in [2.75, 3.05) is 13.2 Å². The lowest BCUT2D eigenvalue weighted by molar-refractivity contribution is -0.156. The standard InChI is InChI=1S/C11H15NO4/c12-1-2-15-11(14)8-5-3-6-7(4-5)10(13)16-9(6)8/h5-9H,1-4,12H2. The zero-order chi connectivity index (χ0) is 11.3. The zero-order valence-electron chi connectivity index (χ0n) is 8.93. The molecule has 16 heavy (non-hydrogen) atoms. The van der Waals surface area contributed by atoms with E-state index in [1.807, 2.05) is 0 Å². The highest BCUT2D eigenvalue weighted by molar-refractivity contribution is 5.81. The average molecular weight is 225 g/mol. The second kappa shape index (κ2) is 3.45. The molecule has 0 amide bonds. The molecule has 3 aliphatic rings. The SMILES string of the molecule is NCCOC(=O)C1C2CC3C(=O)OC1C3C2. The van der Waals surface area contributed by atoms with Gasteiger partial charge in [0.05, 0.1) is 11.8 Å². The Balaban J connectivity index is 1.74. The second-order valence-corrected chi connectivity index (χ2v) is 4.89. The number of ether oxygens (including phenoxy) is 2. The zero-order valence-corrected chi connectivity index (χ0v) is 8.93. The molecule has 3 fully saturated rings. The van der Waals surface area contributed by atoms with E-state index in [0.29, 0.717) is 6.54 Å². The third kappa shape index (κ3) is 1.21. The third-order valence-electron chi connectivity index (χ3n) is 4.12. The molecule has 5 nitrogen and oxygen atoms in total. The minimum Gasteiger partial charge on any atom is -0.464 e. The van der Waals surface area contributed by atoms with Gasteiger partial charge in [0, 0.05) is 12.5 Å². The number of hydrogen-bond donors (Lipinski definition) is 1. The highest BCUT2D eigenvalue weighted by Gasteiger charge is 2.64. The van der Waals surface area contributed by atoms with E-state index in [1.54, 1.807) is 0 Å². The van der Waals surface area contributed by atoms with Crippen molar-refractivity contribution in [2.24, 2.45) is 29.4 Å². The van der Waals surface area contributed by atoms with Crippen LogP contribution in [0.3, 0.4) is 0 Å². The van der Waals surface area contributed by atoms with Crippen LogP contribution in [0, 0.1) is 23.7 Å². The topological polar surface area (TPSA) is 78.6 Å². The number of esters is 2. The van der Waals surface area contributed by atoms with E-state index in [-0.39, 0.29) is 48.3 Å². The Morgan fingerprint density at radius 3 is 3.06 bits per heavy atom. The molecule has 0 aromatic rings. The Morgan fingerprint density at radius 1 is 1.50 bits per heavy atom. The Morgan fingerprint density at radius 2 is 2.31 bits per heavy atom.